The van der Waals surface area contributed by atoms with Crippen molar-refractivity contribution in [2.45, 2.75) is 44.5 Å². The van der Waals surface area contributed by atoms with Crippen molar-refractivity contribution in [3.63, 3.8) is 0 Å². The molecule has 0 atom stereocenters. The topological polar surface area (TPSA) is 3.24 Å². The van der Waals surface area contributed by atoms with Crippen LogP contribution in [0.5, 0.6) is 0 Å². The summed E-state index contributed by atoms with van der Waals surface area (Å²) < 4.78 is 0. The second-order valence-electron chi connectivity index (χ2n) is 5.41. The molecule has 0 radical (unpaired) electrons. The Morgan fingerprint density at radius 2 is 1.89 bits per heavy atom. The van der Waals surface area contributed by atoms with Gasteiger partial charge in [-0.1, -0.05) is 30.7 Å². The van der Waals surface area contributed by atoms with E-state index in [9.17, 15) is 0 Å². The van der Waals surface area contributed by atoms with E-state index in [-0.39, 0.29) is 0 Å². The smallest absolute Gasteiger partial charge is 0.0642 e. The molecule has 0 unspecified atom stereocenters. The quantitative estimate of drug-likeness (QED) is 0.699. The molecule has 1 saturated carbocycles. The first-order valence-electron chi connectivity index (χ1n) is 6.69. The maximum Gasteiger partial charge on any atom is 0.0642 e. The maximum absolute atomic E-state index is 6.35. The number of hydrogen-bond acceptors (Lipinski definition) is 1. The molecule has 0 bridgehead atoms. The number of para-hydroxylation sites is 1. The van der Waals surface area contributed by atoms with E-state index in [2.05, 4.69) is 24.9 Å². The third kappa shape index (κ3) is 2.95. The minimum atomic E-state index is 0.517. The van der Waals surface area contributed by atoms with Crippen molar-refractivity contribution in [1.82, 2.24) is 0 Å². The van der Waals surface area contributed by atoms with E-state index in [0.717, 1.165) is 22.2 Å². The fourth-order valence-corrected chi connectivity index (χ4v) is 3.42. The third-order valence-corrected chi connectivity index (χ3v) is 4.69. The van der Waals surface area contributed by atoms with Gasteiger partial charge in [0.1, 0.15) is 0 Å². The molecule has 1 aliphatic rings. The molecule has 1 nitrogen and oxygen atoms in total. The van der Waals surface area contributed by atoms with Crippen LogP contribution < -0.4 is 4.90 Å². The van der Waals surface area contributed by atoms with Crippen molar-refractivity contribution in [1.29, 1.82) is 0 Å². The summed E-state index contributed by atoms with van der Waals surface area (Å²) in [4.78, 5) is 2.34. The number of rotatable bonds is 3. The molecular formula is C15H21Cl2N. The van der Waals surface area contributed by atoms with Crippen LogP contribution in [0.1, 0.15) is 38.2 Å². The van der Waals surface area contributed by atoms with Crippen molar-refractivity contribution in [3.05, 3.63) is 28.8 Å². The number of hydrogen-bond donors (Lipinski definition) is 0. The molecule has 1 fully saturated rings. The zero-order valence-corrected chi connectivity index (χ0v) is 12.6. The van der Waals surface area contributed by atoms with Gasteiger partial charge in [-0.25, -0.2) is 0 Å². The molecule has 3 heteroatoms. The predicted octanol–water partition coefficient (Wildman–Crippen LogP) is 5.09. The van der Waals surface area contributed by atoms with Crippen LogP contribution in [-0.2, 0) is 5.88 Å². The highest BCUT2D eigenvalue weighted by atomic mass is 35.5. The summed E-state index contributed by atoms with van der Waals surface area (Å²) in [6, 6.07) is 6.59. The van der Waals surface area contributed by atoms with Crippen LogP contribution in [0, 0.1) is 5.92 Å². The average molecular weight is 286 g/mol. The number of halogens is 2. The lowest BCUT2D eigenvalue weighted by molar-refractivity contribution is 0.340. The van der Waals surface area contributed by atoms with Crippen LogP contribution in [0.3, 0.4) is 0 Å². The summed E-state index contributed by atoms with van der Waals surface area (Å²) in [6.45, 7) is 2.34. The summed E-state index contributed by atoms with van der Waals surface area (Å²) in [6.07, 6.45) is 5.14. The average Bonchev–Trinajstić information content (AvgIpc) is 2.38. The molecule has 0 spiro atoms. The summed E-state index contributed by atoms with van der Waals surface area (Å²) in [5.41, 5.74) is 2.25. The van der Waals surface area contributed by atoms with Gasteiger partial charge in [-0.15, -0.1) is 11.6 Å². The molecule has 0 aliphatic heterocycles. The maximum atomic E-state index is 6.35. The van der Waals surface area contributed by atoms with Gasteiger partial charge in [-0.05, 0) is 43.2 Å². The van der Waals surface area contributed by atoms with E-state index in [1.54, 1.807) is 0 Å². The van der Waals surface area contributed by atoms with Gasteiger partial charge in [0, 0.05) is 19.0 Å². The molecule has 100 valence electrons. The Morgan fingerprint density at radius 1 is 1.22 bits per heavy atom. The molecular weight excluding hydrogens is 265 g/mol. The van der Waals surface area contributed by atoms with Gasteiger partial charge in [0.2, 0.25) is 0 Å². The Morgan fingerprint density at radius 3 is 2.50 bits per heavy atom. The number of nitrogens with zero attached hydrogens (tertiary/aromatic N) is 1. The van der Waals surface area contributed by atoms with Gasteiger partial charge < -0.3 is 4.90 Å². The second kappa shape index (κ2) is 6.16. The van der Waals surface area contributed by atoms with Crippen molar-refractivity contribution < 1.29 is 0 Å². The van der Waals surface area contributed by atoms with E-state index in [1.165, 1.54) is 25.7 Å². The molecule has 0 aromatic heterocycles. The first-order chi connectivity index (χ1) is 8.63. The fourth-order valence-electron chi connectivity index (χ4n) is 2.88. The number of alkyl halides is 1. The number of anilines is 1. The third-order valence-electron chi connectivity index (χ3n) is 4.10. The van der Waals surface area contributed by atoms with Gasteiger partial charge in [-0.3, -0.25) is 0 Å². The Balaban J connectivity index is 2.20. The molecule has 18 heavy (non-hydrogen) atoms. The summed E-state index contributed by atoms with van der Waals surface area (Å²) in [5.74, 6) is 1.39. The first kappa shape index (κ1) is 14.0. The molecule has 2 rings (SSSR count). The van der Waals surface area contributed by atoms with Crippen LogP contribution in [0.4, 0.5) is 5.69 Å². The molecule has 1 aromatic rings. The zero-order chi connectivity index (χ0) is 13.1. The van der Waals surface area contributed by atoms with Crippen LogP contribution in [0.2, 0.25) is 5.02 Å². The first-order valence-corrected chi connectivity index (χ1v) is 7.61. The second-order valence-corrected chi connectivity index (χ2v) is 6.08. The fraction of sp³-hybridized carbons (Fsp3) is 0.600. The van der Waals surface area contributed by atoms with Crippen molar-refractivity contribution in [3.8, 4) is 0 Å². The van der Waals surface area contributed by atoms with E-state index >= 15 is 0 Å². The Kier molecular flexibility index (Phi) is 4.80. The lowest BCUT2D eigenvalue weighted by atomic mass is 9.86. The van der Waals surface area contributed by atoms with Crippen LogP contribution in [0.15, 0.2) is 18.2 Å². The van der Waals surface area contributed by atoms with Crippen LogP contribution in [-0.4, -0.2) is 13.1 Å². The lowest BCUT2D eigenvalue weighted by Crippen LogP contribution is -2.35. The monoisotopic (exact) mass is 285 g/mol. The molecule has 0 N–H and O–H groups in total. The molecule has 0 heterocycles. The normalized spacial score (nSPS) is 24.0. The Bertz CT molecular complexity index is 397. The summed E-state index contributed by atoms with van der Waals surface area (Å²) >= 11 is 12.4. The highest BCUT2D eigenvalue weighted by Gasteiger charge is 2.24. The molecule has 1 aliphatic carbocycles. The SMILES string of the molecule is CC1CCC(N(C)c2c(Cl)cccc2CCl)CC1. The van der Waals surface area contributed by atoms with Crippen molar-refractivity contribution in [2.75, 3.05) is 11.9 Å². The van der Waals surface area contributed by atoms with Gasteiger partial charge in [0.15, 0.2) is 0 Å². The van der Waals surface area contributed by atoms with Gasteiger partial charge in [-0.2, -0.15) is 0 Å². The summed E-state index contributed by atoms with van der Waals surface area (Å²) in [7, 11) is 2.15. The Hall–Kier alpha value is -0.400. The minimum Gasteiger partial charge on any atom is -0.370 e. The van der Waals surface area contributed by atoms with Gasteiger partial charge in [0.25, 0.3) is 0 Å². The van der Waals surface area contributed by atoms with Gasteiger partial charge >= 0.3 is 0 Å². The molecule has 0 amide bonds. The minimum absolute atomic E-state index is 0.517. The van der Waals surface area contributed by atoms with E-state index < -0.39 is 0 Å². The molecule has 0 saturated heterocycles. The highest BCUT2D eigenvalue weighted by molar-refractivity contribution is 6.33. The van der Waals surface area contributed by atoms with Gasteiger partial charge in [0.05, 0.1) is 10.7 Å². The number of benzene rings is 1. The lowest BCUT2D eigenvalue weighted by Gasteiger charge is -2.36. The van der Waals surface area contributed by atoms with E-state index in [1.807, 2.05) is 12.1 Å². The van der Waals surface area contributed by atoms with Crippen LogP contribution >= 0.6 is 23.2 Å². The Labute approximate surface area is 120 Å². The molecule has 1 aromatic carbocycles. The predicted molar refractivity (Wildman–Crippen MR) is 80.8 cm³/mol. The van der Waals surface area contributed by atoms with Crippen molar-refractivity contribution >= 4 is 28.9 Å². The largest absolute Gasteiger partial charge is 0.370 e. The van der Waals surface area contributed by atoms with E-state index in [0.29, 0.717) is 11.9 Å². The summed E-state index contributed by atoms with van der Waals surface area (Å²) in [5, 5.41) is 0.814. The highest BCUT2D eigenvalue weighted by Crippen LogP contribution is 2.35. The standard InChI is InChI=1S/C15H21Cl2N/c1-11-6-8-13(9-7-11)18(2)15-12(10-16)4-3-5-14(15)17/h3-5,11,13H,6-10H2,1-2H3. The van der Waals surface area contributed by atoms with Crippen molar-refractivity contribution in [2.24, 2.45) is 5.92 Å². The van der Waals surface area contributed by atoms with Crippen LogP contribution in [0.25, 0.3) is 0 Å². The van der Waals surface area contributed by atoms with E-state index in [4.69, 9.17) is 23.2 Å². The zero-order valence-electron chi connectivity index (χ0n) is 11.1.